The van der Waals surface area contributed by atoms with E-state index < -0.39 is 0 Å². The Balaban J connectivity index is 1.68. The number of hydrogen-bond donors (Lipinski definition) is 2. The Morgan fingerprint density at radius 2 is 2.37 bits per heavy atom. The second kappa shape index (κ2) is 5.51. The summed E-state index contributed by atoms with van der Waals surface area (Å²) >= 11 is 0. The molecule has 0 spiro atoms. The Hall–Kier alpha value is -2.37. The van der Waals surface area contributed by atoms with Gasteiger partial charge in [-0.15, -0.1) is 0 Å². The summed E-state index contributed by atoms with van der Waals surface area (Å²) in [5.74, 6) is 1.70. The third-order valence-electron chi connectivity index (χ3n) is 2.91. The zero-order valence-electron chi connectivity index (χ0n) is 10.6. The second-order valence-corrected chi connectivity index (χ2v) is 4.34. The molecule has 0 saturated heterocycles. The van der Waals surface area contributed by atoms with Crippen LogP contribution in [0.1, 0.15) is 12.0 Å². The van der Waals surface area contributed by atoms with Crippen molar-refractivity contribution in [2.24, 2.45) is 4.99 Å². The first kappa shape index (κ1) is 11.7. The fourth-order valence-corrected chi connectivity index (χ4v) is 1.94. The van der Waals surface area contributed by atoms with Gasteiger partial charge in [0.15, 0.2) is 11.8 Å². The molecule has 0 bridgehead atoms. The van der Waals surface area contributed by atoms with E-state index in [1.807, 2.05) is 24.4 Å². The highest BCUT2D eigenvalue weighted by molar-refractivity contribution is 5.80. The van der Waals surface area contributed by atoms with E-state index in [4.69, 9.17) is 0 Å². The van der Waals surface area contributed by atoms with Crippen molar-refractivity contribution in [3.8, 4) is 5.82 Å². The van der Waals surface area contributed by atoms with Crippen LogP contribution in [0.4, 0.5) is 0 Å². The molecule has 3 rings (SSSR count). The molecular formula is C13H16N6. The average molecular weight is 256 g/mol. The van der Waals surface area contributed by atoms with E-state index in [9.17, 15) is 0 Å². The van der Waals surface area contributed by atoms with Crippen molar-refractivity contribution >= 4 is 5.96 Å². The van der Waals surface area contributed by atoms with Crippen LogP contribution in [0.15, 0.2) is 41.8 Å². The Kier molecular flexibility index (Phi) is 3.40. The SMILES string of the molecule is c1cnn(-c2cc(CNC3=NCCCN3)ccn2)c1. The van der Waals surface area contributed by atoms with E-state index in [1.165, 1.54) is 0 Å². The van der Waals surface area contributed by atoms with E-state index >= 15 is 0 Å². The van der Waals surface area contributed by atoms with Gasteiger partial charge < -0.3 is 10.6 Å². The highest BCUT2D eigenvalue weighted by Crippen LogP contribution is 2.06. The van der Waals surface area contributed by atoms with Gasteiger partial charge >= 0.3 is 0 Å². The van der Waals surface area contributed by atoms with Gasteiger partial charge in [0.2, 0.25) is 0 Å². The van der Waals surface area contributed by atoms with Crippen molar-refractivity contribution in [2.45, 2.75) is 13.0 Å². The maximum atomic E-state index is 4.38. The molecule has 0 radical (unpaired) electrons. The van der Waals surface area contributed by atoms with E-state index in [1.54, 1.807) is 17.1 Å². The molecule has 0 saturated carbocycles. The van der Waals surface area contributed by atoms with Crippen LogP contribution in [0.5, 0.6) is 0 Å². The van der Waals surface area contributed by atoms with Gasteiger partial charge in [-0.1, -0.05) is 0 Å². The van der Waals surface area contributed by atoms with Gasteiger partial charge in [-0.25, -0.2) is 9.67 Å². The third kappa shape index (κ3) is 2.90. The molecule has 0 aromatic carbocycles. The lowest BCUT2D eigenvalue weighted by Crippen LogP contribution is -2.40. The summed E-state index contributed by atoms with van der Waals surface area (Å²) in [5, 5.41) is 10.7. The lowest BCUT2D eigenvalue weighted by Gasteiger charge is -2.16. The number of nitrogens with one attached hydrogen (secondary N) is 2. The molecule has 2 N–H and O–H groups in total. The molecule has 98 valence electrons. The molecule has 1 aliphatic rings. The van der Waals surface area contributed by atoms with Crippen LogP contribution in [-0.2, 0) is 6.54 Å². The molecular weight excluding hydrogens is 240 g/mol. The summed E-state index contributed by atoms with van der Waals surface area (Å²) in [5.41, 5.74) is 1.15. The van der Waals surface area contributed by atoms with Crippen LogP contribution in [0, 0.1) is 0 Å². The number of aliphatic imine (C=N–C) groups is 1. The molecule has 0 amide bonds. The lowest BCUT2D eigenvalue weighted by atomic mass is 10.2. The molecule has 6 nitrogen and oxygen atoms in total. The summed E-state index contributed by atoms with van der Waals surface area (Å²) in [6.07, 6.45) is 6.52. The quantitative estimate of drug-likeness (QED) is 0.848. The summed E-state index contributed by atoms with van der Waals surface area (Å²) in [6, 6.07) is 5.89. The van der Waals surface area contributed by atoms with Crippen LogP contribution in [0.2, 0.25) is 0 Å². The number of pyridine rings is 1. The molecule has 1 aliphatic heterocycles. The zero-order chi connectivity index (χ0) is 12.9. The maximum absolute atomic E-state index is 4.38. The first-order valence-electron chi connectivity index (χ1n) is 6.39. The molecule has 0 fully saturated rings. The van der Waals surface area contributed by atoms with Crippen molar-refractivity contribution in [1.29, 1.82) is 0 Å². The first-order valence-corrected chi connectivity index (χ1v) is 6.39. The molecule has 19 heavy (non-hydrogen) atoms. The van der Waals surface area contributed by atoms with Crippen molar-refractivity contribution in [3.63, 3.8) is 0 Å². The Morgan fingerprint density at radius 1 is 1.37 bits per heavy atom. The molecule has 0 unspecified atom stereocenters. The van der Waals surface area contributed by atoms with Gasteiger partial charge in [0.1, 0.15) is 0 Å². The van der Waals surface area contributed by atoms with Gasteiger partial charge in [-0.3, -0.25) is 4.99 Å². The minimum Gasteiger partial charge on any atom is -0.356 e. The molecule has 3 heterocycles. The minimum atomic E-state index is 0.725. The van der Waals surface area contributed by atoms with E-state index in [-0.39, 0.29) is 0 Å². The Bertz CT molecular complexity index is 560. The number of hydrogen-bond acceptors (Lipinski definition) is 5. The normalized spacial score (nSPS) is 14.6. The van der Waals surface area contributed by atoms with Gasteiger partial charge in [-0.05, 0) is 30.2 Å². The second-order valence-electron chi connectivity index (χ2n) is 4.34. The molecule has 2 aromatic rings. The molecule has 0 aliphatic carbocycles. The molecule has 6 heteroatoms. The topological polar surface area (TPSA) is 67.1 Å². The number of aromatic nitrogens is 3. The lowest BCUT2D eigenvalue weighted by molar-refractivity contribution is 0.701. The van der Waals surface area contributed by atoms with E-state index in [0.717, 1.165) is 43.4 Å². The number of guanidine groups is 1. The fraction of sp³-hybridized carbons (Fsp3) is 0.308. The smallest absolute Gasteiger partial charge is 0.191 e. The number of nitrogens with zero attached hydrogens (tertiary/aromatic N) is 4. The van der Waals surface area contributed by atoms with Crippen molar-refractivity contribution in [2.75, 3.05) is 13.1 Å². The largest absolute Gasteiger partial charge is 0.356 e. The van der Waals surface area contributed by atoms with Gasteiger partial charge in [0, 0.05) is 38.2 Å². The van der Waals surface area contributed by atoms with Crippen LogP contribution >= 0.6 is 0 Å². The third-order valence-corrected chi connectivity index (χ3v) is 2.91. The monoisotopic (exact) mass is 256 g/mol. The molecule has 0 atom stereocenters. The predicted molar refractivity (Wildman–Crippen MR) is 73.1 cm³/mol. The first-order chi connectivity index (χ1) is 9.42. The maximum Gasteiger partial charge on any atom is 0.191 e. The highest BCUT2D eigenvalue weighted by atomic mass is 15.3. The van der Waals surface area contributed by atoms with Crippen molar-refractivity contribution in [1.82, 2.24) is 25.4 Å². The summed E-state index contributed by atoms with van der Waals surface area (Å²) < 4.78 is 1.75. The van der Waals surface area contributed by atoms with E-state index in [0.29, 0.717) is 0 Å². The van der Waals surface area contributed by atoms with Crippen LogP contribution < -0.4 is 10.6 Å². The summed E-state index contributed by atoms with van der Waals surface area (Å²) in [4.78, 5) is 8.68. The summed E-state index contributed by atoms with van der Waals surface area (Å²) in [6.45, 7) is 2.60. The molecule has 2 aromatic heterocycles. The van der Waals surface area contributed by atoms with Crippen molar-refractivity contribution < 1.29 is 0 Å². The highest BCUT2D eigenvalue weighted by Gasteiger charge is 2.04. The Labute approximate surface area is 111 Å². The van der Waals surface area contributed by atoms with Crippen molar-refractivity contribution in [3.05, 3.63) is 42.4 Å². The van der Waals surface area contributed by atoms with Gasteiger partial charge in [0.05, 0.1) is 0 Å². The van der Waals surface area contributed by atoms with Gasteiger partial charge in [-0.2, -0.15) is 5.10 Å². The minimum absolute atomic E-state index is 0.725. The van der Waals surface area contributed by atoms with Gasteiger partial charge in [0.25, 0.3) is 0 Å². The summed E-state index contributed by atoms with van der Waals surface area (Å²) in [7, 11) is 0. The zero-order valence-corrected chi connectivity index (χ0v) is 10.6. The van der Waals surface area contributed by atoms with Crippen LogP contribution in [-0.4, -0.2) is 33.8 Å². The van der Waals surface area contributed by atoms with E-state index in [2.05, 4.69) is 25.7 Å². The van der Waals surface area contributed by atoms with Crippen LogP contribution in [0.25, 0.3) is 5.82 Å². The number of rotatable bonds is 3. The average Bonchev–Trinajstić information content (AvgIpc) is 3.01. The Morgan fingerprint density at radius 3 is 3.16 bits per heavy atom. The predicted octanol–water partition coefficient (Wildman–Crippen LogP) is 0.706. The fourth-order valence-electron chi connectivity index (χ4n) is 1.94. The van der Waals surface area contributed by atoms with Crippen LogP contribution in [0.3, 0.4) is 0 Å². The standard InChI is InChI=1S/C13H16N6/c1-4-15-13(16-5-1)17-10-11-3-7-14-12(9-11)19-8-2-6-18-19/h2-3,6-9H,1,4-5,10H2,(H2,15,16,17).